The third-order valence-electron chi connectivity index (χ3n) is 6.44. The first-order valence-corrected chi connectivity index (χ1v) is 12.9. The topological polar surface area (TPSA) is 56.3 Å². The third-order valence-corrected chi connectivity index (χ3v) is 7.06. The summed E-state index contributed by atoms with van der Waals surface area (Å²) in [5, 5.41) is 7.69. The van der Waals surface area contributed by atoms with Crippen LogP contribution < -0.4 is 20.4 Å². The molecule has 2 atom stereocenters. The third kappa shape index (κ3) is 6.70. The first-order valence-electron chi connectivity index (χ1n) is 12.1. The van der Waals surface area contributed by atoms with Crippen LogP contribution in [0.4, 0.5) is 17.6 Å². The van der Waals surface area contributed by atoms with E-state index in [9.17, 15) is 0 Å². The Kier molecular flexibility index (Phi) is 8.25. The summed E-state index contributed by atoms with van der Waals surface area (Å²) in [5.41, 5.74) is 1.000. The smallest absolute Gasteiger partial charge is 0.232 e. The standard InChI is InChI=1S/C25H35ClN6S/c1-18-13-19(2)17-32(16-18)23-14-22(31-11-7-3-4-8-12-31)28-24(29-23)30-25(33)27-15-20-9-5-6-10-21(20)26/h5-6,9-10,14,18-19H,3-4,7-8,11-13,15-17H2,1-2H3,(H2,27,28,29,30,33). The molecule has 178 valence electrons. The molecule has 0 saturated carbocycles. The molecule has 2 fully saturated rings. The fourth-order valence-corrected chi connectivity index (χ4v) is 5.28. The molecule has 3 heterocycles. The maximum Gasteiger partial charge on any atom is 0.232 e. The Bertz CT molecular complexity index is 936. The van der Waals surface area contributed by atoms with E-state index in [1.165, 1.54) is 32.1 Å². The van der Waals surface area contributed by atoms with Gasteiger partial charge >= 0.3 is 0 Å². The minimum atomic E-state index is 0.495. The molecule has 1 aromatic heterocycles. The fourth-order valence-electron chi connectivity index (χ4n) is 4.91. The van der Waals surface area contributed by atoms with Gasteiger partial charge in [0.2, 0.25) is 5.95 Å². The Morgan fingerprint density at radius 3 is 2.30 bits per heavy atom. The molecule has 6 nitrogen and oxygen atoms in total. The number of halogens is 1. The van der Waals surface area contributed by atoms with E-state index in [-0.39, 0.29) is 0 Å². The predicted molar refractivity (Wildman–Crippen MR) is 142 cm³/mol. The van der Waals surface area contributed by atoms with E-state index in [1.54, 1.807) is 0 Å². The largest absolute Gasteiger partial charge is 0.358 e. The van der Waals surface area contributed by atoms with Crippen molar-refractivity contribution in [2.75, 3.05) is 41.3 Å². The van der Waals surface area contributed by atoms with Crippen molar-refractivity contribution in [3.8, 4) is 0 Å². The van der Waals surface area contributed by atoms with Crippen LogP contribution in [0, 0.1) is 11.8 Å². The molecule has 0 aliphatic carbocycles. The van der Waals surface area contributed by atoms with E-state index in [4.69, 9.17) is 33.8 Å². The minimum Gasteiger partial charge on any atom is -0.358 e. The number of anilines is 3. The second-order valence-corrected chi connectivity index (χ2v) is 10.4. The lowest BCUT2D eigenvalue weighted by Gasteiger charge is -2.36. The normalized spacial score (nSPS) is 21.4. The average Bonchev–Trinajstić information content (AvgIpc) is 3.07. The van der Waals surface area contributed by atoms with Gasteiger partial charge in [-0.15, -0.1) is 0 Å². The second kappa shape index (κ2) is 11.3. The highest BCUT2D eigenvalue weighted by molar-refractivity contribution is 7.80. The summed E-state index contributed by atoms with van der Waals surface area (Å²) in [7, 11) is 0. The molecule has 4 rings (SSSR count). The van der Waals surface area contributed by atoms with Crippen LogP contribution in [0.1, 0.15) is 51.5 Å². The highest BCUT2D eigenvalue weighted by Gasteiger charge is 2.24. The molecule has 0 radical (unpaired) electrons. The highest BCUT2D eigenvalue weighted by Crippen LogP contribution is 2.29. The molecule has 0 amide bonds. The SMILES string of the molecule is CC1CC(C)CN(c2cc(N3CCCCCC3)nc(NC(=S)NCc3ccccc3Cl)n2)C1. The van der Waals surface area contributed by atoms with Crippen LogP contribution in [0.25, 0.3) is 0 Å². The summed E-state index contributed by atoms with van der Waals surface area (Å²) in [4.78, 5) is 14.6. The van der Waals surface area contributed by atoms with Gasteiger partial charge in [0.15, 0.2) is 5.11 Å². The molecule has 2 saturated heterocycles. The minimum absolute atomic E-state index is 0.495. The molecular formula is C25H35ClN6S. The number of nitrogens with one attached hydrogen (secondary N) is 2. The monoisotopic (exact) mass is 486 g/mol. The quantitative estimate of drug-likeness (QED) is 0.542. The van der Waals surface area contributed by atoms with E-state index in [0.717, 1.165) is 48.4 Å². The van der Waals surface area contributed by atoms with Crippen molar-refractivity contribution in [3.05, 3.63) is 40.9 Å². The van der Waals surface area contributed by atoms with E-state index in [0.29, 0.717) is 29.4 Å². The van der Waals surface area contributed by atoms with Crippen LogP contribution in [0.3, 0.4) is 0 Å². The van der Waals surface area contributed by atoms with Crippen LogP contribution >= 0.6 is 23.8 Å². The van der Waals surface area contributed by atoms with Gasteiger partial charge in [0.1, 0.15) is 11.6 Å². The highest BCUT2D eigenvalue weighted by atomic mass is 35.5. The van der Waals surface area contributed by atoms with Gasteiger partial charge in [0.25, 0.3) is 0 Å². The number of benzene rings is 1. The Morgan fingerprint density at radius 1 is 1.00 bits per heavy atom. The maximum absolute atomic E-state index is 6.28. The average molecular weight is 487 g/mol. The van der Waals surface area contributed by atoms with Gasteiger partial charge in [-0.2, -0.15) is 9.97 Å². The van der Waals surface area contributed by atoms with Gasteiger partial charge in [-0.05, 0) is 54.9 Å². The van der Waals surface area contributed by atoms with Crippen LogP contribution in [0.15, 0.2) is 30.3 Å². The molecule has 8 heteroatoms. The van der Waals surface area contributed by atoms with Crippen LogP contribution in [-0.2, 0) is 6.54 Å². The summed E-state index contributed by atoms with van der Waals surface area (Å²) in [6, 6.07) is 9.94. The zero-order valence-electron chi connectivity index (χ0n) is 19.7. The van der Waals surface area contributed by atoms with Crippen molar-refractivity contribution in [3.63, 3.8) is 0 Å². The van der Waals surface area contributed by atoms with Crippen molar-refractivity contribution in [1.82, 2.24) is 15.3 Å². The molecule has 2 aliphatic heterocycles. The van der Waals surface area contributed by atoms with Crippen molar-refractivity contribution in [2.45, 2.75) is 52.5 Å². The summed E-state index contributed by atoms with van der Waals surface area (Å²) in [6.07, 6.45) is 6.25. The van der Waals surface area contributed by atoms with Crippen molar-refractivity contribution in [2.24, 2.45) is 11.8 Å². The maximum atomic E-state index is 6.28. The molecule has 0 bridgehead atoms. The number of thiocarbonyl (C=S) groups is 1. The van der Waals surface area contributed by atoms with Gasteiger partial charge in [0, 0.05) is 43.8 Å². The van der Waals surface area contributed by atoms with Crippen molar-refractivity contribution >= 4 is 46.5 Å². The Hall–Kier alpha value is -2.12. The molecule has 33 heavy (non-hydrogen) atoms. The zero-order chi connectivity index (χ0) is 23.2. The second-order valence-electron chi connectivity index (χ2n) is 9.56. The molecule has 0 spiro atoms. The summed E-state index contributed by atoms with van der Waals surface area (Å²) >= 11 is 11.8. The van der Waals surface area contributed by atoms with Gasteiger partial charge in [-0.1, -0.05) is 56.5 Å². The van der Waals surface area contributed by atoms with Crippen LogP contribution in [0.5, 0.6) is 0 Å². The first kappa shape index (κ1) is 24.0. The summed E-state index contributed by atoms with van der Waals surface area (Å²) in [6.45, 7) is 9.32. The predicted octanol–water partition coefficient (Wildman–Crippen LogP) is 5.48. The van der Waals surface area contributed by atoms with E-state index in [1.807, 2.05) is 24.3 Å². The van der Waals surface area contributed by atoms with Gasteiger partial charge in [-0.25, -0.2) is 0 Å². The Morgan fingerprint density at radius 2 is 1.64 bits per heavy atom. The van der Waals surface area contributed by atoms with Gasteiger partial charge in [0.05, 0.1) is 0 Å². The lowest BCUT2D eigenvalue weighted by Crippen LogP contribution is -2.39. The lowest BCUT2D eigenvalue weighted by atomic mass is 9.92. The molecule has 2 unspecified atom stereocenters. The van der Waals surface area contributed by atoms with Gasteiger partial charge in [-0.3, -0.25) is 0 Å². The van der Waals surface area contributed by atoms with Crippen LogP contribution in [0.2, 0.25) is 5.02 Å². The van der Waals surface area contributed by atoms with E-state index in [2.05, 4.69) is 40.3 Å². The van der Waals surface area contributed by atoms with Crippen molar-refractivity contribution < 1.29 is 0 Å². The number of piperidine rings is 1. The van der Waals surface area contributed by atoms with E-state index < -0.39 is 0 Å². The van der Waals surface area contributed by atoms with Gasteiger partial charge < -0.3 is 20.4 Å². The Labute approximate surface area is 208 Å². The van der Waals surface area contributed by atoms with Crippen LogP contribution in [-0.4, -0.2) is 41.3 Å². The molecule has 2 N–H and O–H groups in total. The van der Waals surface area contributed by atoms with E-state index >= 15 is 0 Å². The number of hydrogen-bond donors (Lipinski definition) is 2. The molecule has 2 aromatic rings. The zero-order valence-corrected chi connectivity index (χ0v) is 21.3. The first-order chi connectivity index (χ1) is 16.0. The lowest BCUT2D eigenvalue weighted by molar-refractivity contribution is 0.355. The number of nitrogens with zero attached hydrogens (tertiary/aromatic N) is 4. The number of aromatic nitrogens is 2. The number of hydrogen-bond acceptors (Lipinski definition) is 5. The molecule has 1 aromatic carbocycles. The summed E-state index contributed by atoms with van der Waals surface area (Å²) in [5.74, 6) is 3.83. The fraction of sp³-hybridized carbons (Fsp3) is 0.560. The molecular weight excluding hydrogens is 452 g/mol. The molecule has 2 aliphatic rings. The number of rotatable bonds is 5. The summed E-state index contributed by atoms with van der Waals surface area (Å²) < 4.78 is 0. The Balaban J connectivity index is 1.53. The van der Waals surface area contributed by atoms with Crippen molar-refractivity contribution in [1.29, 1.82) is 0 Å².